The molecule has 2 aromatic heterocycles. The summed E-state index contributed by atoms with van der Waals surface area (Å²) >= 11 is 24.5. The van der Waals surface area contributed by atoms with E-state index in [4.69, 9.17) is 46.4 Å². The van der Waals surface area contributed by atoms with Crippen molar-refractivity contribution in [2.45, 2.75) is 0 Å². The van der Waals surface area contributed by atoms with Gasteiger partial charge in [0.25, 0.3) is 0 Å². The smallest absolute Gasteiger partial charge is 0.193 e. The lowest BCUT2D eigenvalue weighted by molar-refractivity contribution is 0.103. The first-order valence-corrected chi connectivity index (χ1v) is 10.3. The molecule has 0 atom stereocenters. The number of rotatable bonds is 4. The van der Waals surface area contributed by atoms with Crippen LogP contribution in [0.2, 0.25) is 20.1 Å². The second-order valence-electron chi connectivity index (χ2n) is 6.44. The van der Waals surface area contributed by atoms with Gasteiger partial charge in [0.15, 0.2) is 5.78 Å². The molecular formula is C23H12Cl4N2O. The number of pyridine rings is 2. The van der Waals surface area contributed by atoms with Crippen molar-refractivity contribution in [1.82, 2.24) is 9.97 Å². The molecule has 0 fully saturated rings. The summed E-state index contributed by atoms with van der Waals surface area (Å²) in [6.45, 7) is 0. The Morgan fingerprint density at radius 1 is 0.600 bits per heavy atom. The summed E-state index contributed by atoms with van der Waals surface area (Å²) in [5, 5.41) is 1.98. The molecule has 0 aliphatic carbocycles. The summed E-state index contributed by atoms with van der Waals surface area (Å²) in [5.41, 5.74) is 3.50. The van der Waals surface area contributed by atoms with Crippen molar-refractivity contribution in [2.24, 2.45) is 0 Å². The maximum Gasteiger partial charge on any atom is 0.193 e. The highest BCUT2D eigenvalue weighted by atomic mass is 35.5. The van der Waals surface area contributed by atoms with Crippen molar-refractivity contribution in [3.63, 3.8) is 0 Å². The third-order valence-corrected chi connectivity index (χ3v) is 5.55. The molecule has 148 valence electrons. The Kier molecular flexibility index (Phi) is 6.07. The molecule has 0 amide bonds. The van der Waals surface area contributed by atoms with Crippen LogP contribution in [0.4, 0.5) is 0 Å². The molecule has 30 heavy (non-hydrogen) atoms. The van der Waals surface area contributed by atoms with Crippen LogP contribution >= 0.6 is 46.4 Å². The largest absolute Gasteiger partial charge is 0.289 e. The van der Waals surface area contributed by atoms with Crippen LogP contribution in [-0.2, 0) is 0 Å². The van der Waals surface area contributed by atoms with E-state index in [1.54, 1.807) is 73.1 Å². The summed E-state index contributed by atoms with van der Waals surface area (Å²) in [4.78, 5) is 21.8. The van der Waals surface area contributed by atoms with Gasteiger partial charge in [-0.05, 0) is 60.7 Å². The SMILES string of the molecule is O=C(c1ccnc(-c2ccc(Cl)cc2Cl)c1)c1ccnc(-c2ccc(Cl)cc2Cl)c1. The predicted molar refractivity (Wildman–Crippen MR) is 123 cm³/mol. The molecule has 0 radical (unpaired) electrons. The summed E-state index contributed by atoms with van der Waals surface area (Å²) < 4.78 is 0. The van der Waals surface area contributed by atoms with Crippen molar-refractivity contribution in [2.75, 3.05) is 0 Å². The molecule has 0 aliphatic heterocycles. The van der Waals surface area contributed by atoms with E-state index < -0.39 is 0 Å². The fourth-order valence-corrected chi connectivity index (χ4v) is 4.01. The van der Waals surface area contributed by atoms with E-state index in [0.29, 0.717) is 53.7 Å². The average Bonchev–Trinajstić information content (AvgIpc) is 2.73. The second-order valence-corrected chi connectivity index (χ2v) is 8.12. The van der Waals surface area contributed by atoms with Crippen LogP contribution in [0.3, 0.4) is 0 Å². The number of ketones is 1. The first-order chi connectivity index (χ1) is 14.4. The van der Waals surface area contributed by atoms with Gasteiger partial charge >= 0.3 is 0 Å². The summed E-state index contributed by atoms with van der Waals surface area (Å²) in [7, 11) is 0. The molecule has 0 aliphatic rings. The molecule has 0 unspecified atom stereocenters. The monoisotopic (exact) mass is 472 g/mol. The molecule has 4 aromatic rings. The molecule has 4 rings (SSSR count). The number of carbonyl (C=O) groups is 1. The van der Waals surface area contributed by atoms with Gasteiger partial charge in [0.1, 0.15) is 0 Å². The summed E-state index contributed by atoms with van der Waals surface area (Å²) in [6.07, 6.45) is 3.15. The number of halogens is 4. The van der Waals surface area contributed by atoms with E-state index in [0.717, 1.165) is 0 Å². The van der Waals surface area contributed by atoms with Gasteiger partial charge in [-0.3, -0.25) is 14.8 Å². The van der Waals surface area contributed by atoms with E-state index in [1.165, 1.54) is 0 Å². The van der Waals surface area contributed by atoms with Gasteiger partial charge < -0.3 is 0 Å². The van der Waals surface area contributed by atoms with Crippen LogP contribution in [-0.4, -0.2) is 15.8 Å². The molecule has 0 N–H and O–H groups in total. The molecule has 0 bridgehead atoms. The molecule has 2 aromatic carbocycles. The molecule has 3 nitrogen and oxygen atoms in total. The number of aromatic nitrogens is 2. The first-order valence-electron chi connectivity index (χ1n) is 8.80. The third-order valence-electron chi connectivity index (χ3n) is 4.46. The van der Waals surface area contributed by atoms with Crippen molar-refractivity contribution < 1.29 is 4.79 Å². The molecular weight excluding hydrogens is 462 g/mol. The van der Waals surface area contributed by atoms with Crippen LogP contribution in [0.25, 0.3) is 22.5 Å². The van der Waals surface area contributed by atoms with E-state index in [2.05, 4.69) is 9.97 Å². The number of benzene rings is 2. The Hall–Kier alpha value is -2.43. The number of hydrogen-bond acceptors (Lipinski definition) is 3. The zero-order valence-electron chi connectivity index (χ0n) is 15.2. The lowest BCUT2D eigenvalue weighted by Crippen LogP contribution is -2.03. The van der Waals surface area contributed by atoms with Crippen LogP contribution < -0.4 is 0 Å². The van der Waals surface area contributed by atoms with E-state index in [-0.39, 0.29) is 5.78 Å². The fourth-order valence-electron chi connectivity index (χ4n) is 3.00. The van der Waals surface area contributed by atoms with E-state index in [1.807, 2.05) is 0 Å². The van der Waals surface area contributed by atoms with E-state index >= 15 is 0 Å². The minimum Gasteiger partial charge on any atom is -0.289 e. The van der Waals surface area contributed by atoms with Gasteiger partial charge in [-0.2, -0.15) is 0 Å². The summed E-state index contributed by atoms with van der Waals surface area (Å²) in [6, 6.07) is 17.0. The highest BCUT2D eigenvalue weighted by molar-refractivity contribution is 6.37. The Morgan fingerprint density at radius 3 is 1.43 bits per heavy atom. The highest BCUT2D eigenvalue weighted by Crippen LogP contribution is 2.31. The number of carbonyl (C=O) groups excluding carboxylic acids is 1. The van der Waals surface area contributed by atoms with Crippen LogP contribution in [0.1, 0.15) is 15.9 Å². The van der Waals surface area contributed by atoms with Crippen LogP contribution in [0, 0.1) is 0 Å². The quantitative estimate of drug-likeness (QED) is 0.286. The van der Waals surface area contributed by atoms with Crippen LogP contribution in [0.15, 0.2) is 73.1 Å². The number of nitrogens with zero attached hydrogens (tertiary/aromatic N) is 2. The Labute approximate surface area is 193 Å². The molecule has 2 heterocycles. The van der Waals surface area contributed by atoms with Crippen molar-refractivity contribution in [3.05, 3.63) is 104 Å². The standard InChI is InChI=1S/C23H12Cl4N2O/c24-15-1-3-17(19(26)11-15)21-9-13(5-7-28-21)23(30)14-6-8-29-22(10-14)18-4-2-16(25)12-20(18)27/h1-12H. The molecule has 0 saturated carbocycles. The zero-order chi connectivity index (χ0) is 21.3. The Balaban J connectivity index is 1.70. The minimum absolute atomic E-state index is 0.169. The van der Waals surface area contributed by atoms with Gasteiger partial charge in [0.05, 0.1) is 21.4 Å². The molecule has 0 spiro atoms. The average molecular weight is 474 g/mol. The normalized spacial score (nSPS) is 10.8. The Bertz CT molecular complexity index is 1180. The lowest BCUT2D eigenvalue weighted by Gasteiger charge is -2.08. The lowest BCUT2D eigenvalue weighted by atomic mass is 10.0. The third kappa shape index (κ3) is 4.35. The number of hydrogen-bond donors (Lipinski definition) is 0. The first kappa shape index (κ1) is 20.8. The maximum absolute atomic E-state index is 13.1. The highest BCUT2D eigenvalue weighted by Gasteiger charge is 2.15. The van der Waals surface area contributed by atoms with E-state index in [9.17, 15) is 4.79 Å². The van der Waals surface area contributed by atoms with Crippen molar-refractivity contribution in [1.29, 1.82) is 0 Å². The van der Waals surface area contributed by atoms with Crippen molar-refractivity contribution >= 4 is 52.2 Å². The van der Waals surface area contributed by atoms with Gasteiger partial charge in [0, 0.05) is 44.7 Å². The molecule has 0 saturated heterocycles. The summed E-state index contributed by atoms with van der Waals surface area (Å²) in [5.74, 6) is -0.169. The van der Waals surface area contributed by atoms with Gasteiger partial charge in [-0.1, -0.05) is 46.4 Å². The zero-order valence-corrected chi connectivity index (χ0v) is 18.3. The maximum atomic E-state index is 13.1. The van der Waals surface area contributed by atoms with Gasteiger partial charge in [-0.15, -0.1) is 0 Å². The second kappa shape index (κ2) is 8.75. The predicted octanol–water partition coefficient (Wildman–Crippen LogP) is 7.66. The minimum atomic E-state index is -0.169. The molecule has 7 heteroatoms. The Morgan fingerprint density at radius 2 is 1.03 bits per heavy atom. The van der Waals surface area contributed by atoms with Gasteiger partial charge in [-0.25, -0.2) is 0 Å². The topological polar surface area (TPSA) is 42.9 Å². The van der Waals surface area contributed by atoms with Crippen molar-refractivity contribution in [3.8, 4) is 22.5 Å². The fraction of sp³-hybridized carbons (Fsp3) is 0. The van der Waals surface area contributed by atoms with Crippen LogP contribution in [0.5, 0.6) is 0 Å². The van der Waals surface area contributed by atoms with Gasteiger partial charge in [0.2, 0.25) is 0 Å².